The number of allylic oxidation sites excluding steroid dienone is 1. The zero-order valence-corrected chi connectivity index (χ0v) is 12.7. The molecule has 0 bridgehead atoms. The predicted octanol–water partition coefficient (Wildman–Crippen LogP) is 1.51. The fourth-order valence-corrected chi connectivity index (χ4v) is 2.07. The minimum absolute atomic E-state index is 0.156. The lowest BCUT2D eigenvalue weighted by Crippen LogP contribution is -2.36. The standard InChI is InChI=1S/C17H14N2O5/c1-11(13-8-5-9-14(10-13)19(23)24)15(17(21)22)18-16(20)12-6-3-2-4-7-12/h2-10H,1H3,(H,18,20)(H,21,22)/p-1/b15-11-. The van der Waals surface area contributed by atoms with Gasteiger partial charge in [-0.25, -0.2) is 0 Å². The second kappa shape index (κ2) is 7.19. The molecule has 1 N–H and O–H groups in total. The first-order valence-corrected chi connectivity index (χ1v) is 6.93. The molecule has 7 nitrogen and oxygen atoms in total. The zero-order valence-electron chi connectivity index (χ0n) is 12.7. The van der Waals surface area contributed by atoms with Crippen LogP contribution in [0.4, 0.5) is 5.69 Å². The molecule has 0 spiro atoms. The molecule has 0 saturated carbocycles. The molecular formula is C17H13N2O5-. The van der Waals surface area contributed by atoms with Crippen molar-refractivity contribution in [2.24, 2.45) is 0 Å². The maximum absolute atomic E-state index is 12.1. The van der Waals surface area contributed by atoms with Crippen molar-refractivity contribution in [3.8, 4) is 0 Å². The quantitative estimate of drug-likeness (QED) is 0.508. The zero-order chi connectivity index (χ0) is 17.7. The molecule has 2 aromatic carbocycles. The first-order valence-electron chi connectivity index (χ1n) is 6.93. The molecule has 122 valence electrons. The van der Waals surface area contributed by atoms with E-state index >= 15 is 0 Å². The van der Waals surface area contributed by atoms with Gasteiger partial charge in [-0.2, -0.15) is 0 Å². The van der Waals surface area contributed by atoms with Crippen LogP contribution in [-0.4, -0.2) is 16.8 Å². The summed E-state index contributed by atoms with van der Waals surface area (Å²) in [6.07, 6.45) is 0. The summed E-state index contributed by atoms with van der Waals surface area (Å²) in [6, 6.07) is 13.5. The molecule has 24 heavy (non-hydrogen) atoms. The molecule has 0 unspecified atom stereocenters. The Morgan fingerprint density at radius 1 is 1.00 bits per heavy atom. The largest absolute Gasteiger partial charge is 0.543 e. The number of hydrogen-bond donors (Lipinski definition) is 1. The smallest absolute Gasteiger partial charge is 0.270 e. The van der Waals surface area contributed by atoms with Crippen LogP contribution in [0.3, 0.4) is 0 Å². The summed E-state index contributed by atoms with van der Waals surface area (Å²) in [7, 11) is 0. The molecule has 1 amide bonds. The van der Waals surface area contributed by atoms with Crippen LogP contribution in [0.25, 0.3) is 5.57 Å². The van der Waals surface area contributed by atoms with Crippen molar-refractivity contribution < 1.29 is 19.6 Å². The molecule has 0 radical (unpaired) electrons. The third kappa shape index (κ3) is 3.83. The topological polar surface area (TPSA) is 112 Å². The van der Waals surface area contributed by atoms with E-state index in [1.165, 1.54) is 43.3 Å². The first kappa shape index (κ1) is 16.9. The van der Waals surface area contributed by atoms with Crippen LogP contribution < -0.4 is 10.4 Å². The fraction of sp³-hybridized carbons (Fsp3) is 0.0588. The fourth-order valence-electron chi connectivity index (χ4n) is 2.07. The number of benzene rings is 2. The van der Waals surface area contributed by atoms with Crippen molar-refractivity contribution in [3.05, 3.63) is 81.5 Å². The summed E-state index contributed by atoms with van der Waals surface area (Å²) in [5, 5.41) is 24.5. The number of non-ortho nitro benzene ring substituents is 1. The molecule has 0 atom stereocenters. The highest BCUT2D eigenvalue weighted by atomic mass is 16.6. The van der Waals surface area contributed by atoms with Gasteiger partial charge in [0, 0.05) is 17.7 Å². The molecule has 7 heteroatoms. The van der Waals surface area contributed by atoms with Gasteiger partial charge in [0.05, 0.1) is 16.6 Å². The van der Waals surface area contributed by atoms with E-state index in [4.69, 9.17) is 0 Å². The molecule has 0 aromatic heterocycles. The molecular weight excluding hydrogens is 312 g/mol. The number of carbonyl (C=O) groups excluding carboxylic acids is 2. The minimum atomic E-state index is -1.58. The lowest BCUT2D eigenvalue weighted by atomic mass is 10.0. The molecule has 0 heterocycles. The number of carboxylic acid groups (broad SMARTS) is 1. The van der Waals surface area contributed by atoms with Gasteiger partial charge in [-0.3, -0.25) is 14.9 Å². The number of nitro groups is 1. The highest BCUT2D eigenvalue weighted by Crippen LogP contribution is 2.22. The molecule has 0 aliphatic carbocycles. The van der Waals surface area contributed by atoms with Crippen LogP contribution in [0.2, 0.25) is 0 Å². The maximum Gasteiger partial charge on any atom is 0.270 e. The summed E-state index contributed by atoms with van der Waals surface area (Å²) in [6.45, 7) is 1.44. The Kier molecular flexibility index (Phi) is 5.06. The third-order valence-electron chi connectivity index (χ3n) is 3.34. The van der Waals surface area contributed by atoms with Gasteiger partial charge in [-0.15, -0.1) is 0 Å². The molecule has 0 aliphatic rings. The maximum atomic E-state index is 12.1. The predicted molar refractivity (Wildman–Crippen MR) is 84.6 cm³/mol. The first-order chi connectivity index (χ1) is 11.4. The van der Waals surface area contributed by atoms with Gasteiger partial charge in [-0.1, -0.05) is 30.3 Å². The summed E-state index contributed by atoms with van der Waals surface area (Å²) in [5.74, 6) is -2.19. The average Bonchev–Trinajstić information content (AvgIpc) is 2.59. The van der Waals surface area contributed by atoms with E-state index < -0.39 is 22.5 Å². The lowest BCUT2D eigenvalue weighted by molar-refractivity contribution is -0.384. The number of amides is 1. The van der Waals surface area contributed by atoms with Gasteiger partial charge in [0.2, 0.25) is 0 Å². The van der Waals surface area contributed by atoms with Gasteiger partial charge < -0.3 is 15.2 Å². The molecule has 0 fully saturated rings. The van der Waals surface area contributed by atoms with Crippen LogP contribution in [-0.2, 0) is 4.79 Å². The van der Waals surface area contributed by atoms with Crippen LogP contribution in [0, 0.1) is 10.1 Å². The number of aliphatic carboxylic acids is 1. The van der Waals surface area contributed by atoms with E-state index in [9.17, 15) is 24.8 Å². The molecule has 0 aliphatic heterocycles. The summed E-state index contributed by atoms with van der Waals surface area (Å²) in [5.41, 5.74) is 0.117. The number of carboxylic acids is 1. The Bertz CT molecular complexity index is 828. The van der Waals surface area contributed by atoms with Crippen molar-refractivity contribution in [2.75, 3.05) is 0 Å². The van der Waals surface area contributed by atoms with E-state index in [1.807, 2.05) is 0 Å². The average molecular weight is 325 g/mol. The number of nitro benzene ring substituents is 1. The van der Waals surface area contributed by atoms with Gasteiger partial charge in [0.25, 0.3) is 11.6 Å². The van der Waals surface area contributed by atoms with Crippen LogP contribution in [0.5, 0.6) is 0 Å². The molecule has 0 saturated heterocycles. The summed E-state index contributed by atoms with van der Waals surface area (Å²) in [4.78, 5) is 33.8. The monoisotopic (exact) mass is 325 g/mol. The van der Waals surface area contributed by atoms with Gasteiger partial charge >= 0.3 is 0 Å². The minimum Gasteiger partial charge on any atom is -0.543 e. The summed E-state index contributed by atoms with van der Waals surface area (Å²) < 4.78 is 0. The van der Waals surface area contributed by atoms with Crippen LogP contribution >= 0.6 is 0 Å². The Balaban J connectivity index is 2.40. The Hall–Kier alpha value is -3.48. The van der Waals surface area contributed by atoms with Crippen molar-refractivity contribution in [3.63, 3.8) is 0 Å². The number of carbonyl (C=O) groups is 2. The van der Waals surface area contributed by atoms with Crippen LogP contribution in [0.15, 0.2) is 60.3 Å². The van der Waals surface area contributed by atoms with E-state index in [0.29, 0.717) is 5.56 Å². The number of hydrogen-bond acceptors (Lipinski definition) is 5. The Labute approximate surface area is 137 Å². The van der Waals surface area contributed by atoms with Crippen LogP contribution in [0.1, 0.15) is 22.8 Å². The van der Waals surface area contributed by atoms with E-state index in [0.717, 1.165) is 0 Å². The van der Waals surface area contributed by atoms with E-state index in [2.05, 4.69) is 5.32 Å². The molecule has 2 aromatic rings. The van der Waals surface area contributed by atoms with Gasteiger partial charge in [0.1, 0.15) is 0 Å². The van der Waals surface area contributed by atoms with Gasteiger partial charge in [0.15, 0.2) is 0 Å². The number of nitrogens with one attached hydrogen (secondary N) is 1. The highest BCUT2D eigenvalue weighted by Gasteiger charge is 2.14. The lowest BCUT2D eigenvalue weighted by Gasteiger charge is -2.15. The number of nitrogens with zero attached hydrogens (tertiary/aromatic N) is 1. The second-order valence-electron chi connectivity index (χ2n) is 4.92. The highest BCUT2D eigenvalue weighted by molar-refractivity contribution is 6.03. The Morgan fingerprint density at radius 2 is 1.62 bits per heavy atom. The summed E-state index contributed by atoms with van der Waals surface area (Å²) >= 11 is 0. The SMILES string of the molecule is C/C(=C(/NC(=O)c1ccccc1)C(=O)[O-])c1cccc([N+](=O)[O-])c1. The molecule has 2 rings (SSSR count). The Morgan fingerprint density at radius 3 is 2.21 bits per heavy atom. The van der Waals surface area contributed by atoms with Gasteiger partial charge in [-0.05, 0) is 30.2 Å². The normalized spacial score (nSPS) is 11.4. The van der Waals surface area contributed by atoms with E-state index in [1.54, 1.807) is 18.2 Å². The van der Waals surface area contributed by atoms with Crippen molar-refractivity contribution in [1.82, 2.24) is 5.32 Å². The number of rotatable bonds is 5. The second-order valence-corrected chi connectivity index (χ2v) is 4.92. The third-order valence-corrected chi connectivity index (χ3v) is 3.34. The van der Waals surface area contributed by atoms with Crippen molar-refractivity contribution >= 4 is 23.1 Å². The van der Waals surface area contributed by atoms with Crippen molar-refractivity contribution in [1.29, 1.82) is 0 Å². The van der Waals surface area contributed by atoms with Crippen molar-refractivity contribution in [2.45, 2.75) is 6.92 Å². The van der Waals surface area contributed by atoms with E-state index in [-0.39, 0.29) is 16.8 Å².